The Kier molecular flexibility index (Phi) is 42.2. The second kappa shape index (κ2) is 43.2. The number of ether oxygens (including phenoxy) is 1. The molecular formula is C51H100N2O3. The molecule has 5 heteroatoms. The smallest absolute Gasteiger partial charge is 0.305 e. The minimum atomic E-state index is -0.116. The van der Waals surface area contributed by atoms with E-state index in [9.17, 15) is 9.59 Å². The standard InChI is InChI=1S/C51H100N2O3/c1-7-11-15-17-19-21-23-25-26-27-29-31-33-35-37-40-50(54)52-49(46-56-51(55)41-38-44-53(42-13-9-3)43-14-10-4)45-48(47(5)6)39-36-34-32-30-28-24-22-20-18-16-12-8-2/h25-26,47-49H,7-24,27-46H2,1-6H3,(H,52,54)/b26-25-. The average molecular weight is 789 g/mol. The summed E-state index contributed by atoms with van der Waals surface area (Å²) < 4.78 is 5.90. The van der Waals surface area contributed by atoms with Gasteiger partial charge in [0.15, 0.2) is 0 Å². The van der Waals surface area contributed by atoms with Crippen LogP contribution in [-0.2, 0) is 14.3 Å². The van der Waals surface area contributed by atoms with Crippen molar-refractivity contribution in [1.82, 2.24) is 10.2 Å². The Balaban J connectivity index is 4.74. The lowest BCUT2D eigenvalue weighted by molar-refractivity contribution is -0.145. The number of allylic oxidation sites excluding steroid dienone is 2. The van der Waals surface area contributed by atoms with E-state index >= 15 is 0 Å². The van der Waals surface area contributed by atoms with Gasteiger partial charge in [0.25, 0.3) is 0 Å². The third-order valence-corrected chi connectivity index (χ3v) is 11.9. The summed E-state index contributed by atoms with van der Waals surface area (Å²) in [5, 5.41) is 3.34. The molecular weight excluding hydrogens is 689 g/mol. The highest BCUT2D eigenvalue weighted by atomic mass is 16.5. The zero-order valence-corrected chi connectivity index (χ0v) is 38.9. The Morgan fingerprint density at radius 3 is 1.43 bits per heavy atom. The number of hydrogen-bond acceptors (Lipinski definition) is 4. The maximum atomic E-state index is 13.2. The van der Waals surface area contributed by atoms with Gasteiger partial charge in [0.05, 0.1) is 6.04 Å². The number of esters is 1. The molecule has 0 aromatic rings. The van der Waals surface area contributed by atoms with Crippen LogP contribution in [0.1, 0.15) is 260 Å². The number of carbonyl (C=O) groups is 2. The van der Waals surface area contributed by atoms with Gasteiger partial charge in [-0.15, -0.1) is 0 Å². The van der Waals surface area contributed by atoms with E-state index in [1.807, 2.05) is 0 Å². The second-order valence-corrected chi connectivity index (χ2v) is 17.9. The van der Waals surface area contributed by atoms with Crippen LogP contribution in [0.25, 0.3) is 0 Å². The van der Waals surface area contributed by atoms with Crippen LogP contribution in [0.2, 0.25) is 0 Å². The fourth-order valence-corrected chi connectivity index (χ4v) is 7.97. The highest BCUT2D eigenvalue weighted by Gasteiger charge is 2.22. The van der Waals surface area contributed by atoms with Crippen LogP contribution in [0.15, 0.2) is 12.2 Å². The van der Waals surface area contributed by atoms with Gasteiger partial charge in [-0.05, 0) is 89.3 Å². The molecule has 0 fully saturated rings. The number of nitrogens with zero attached hydrogens (tertiary/aromatic N) is 1. The zero-order chi connectivity index (χ0) is 41.2. The van der Waals surface area contributed by atoms with Gasteiger partial charge >= 0.3 is 5.97 Å². The van der Waals surface area contributed by atoms with E-state index in [2.05, 4.69) is 63.9 Å². The van der Waals surface area contributed by atoms with Crippen LogP contribution >= 0.6 is 0 Å². The summed E-state index contributed by atoms with van der Waals surface area (Å²) in [4.78, 5) is 28.7. The van der Waals surface area contributed by atoms with Gasteiger partial charge in [0.1, 0.15) is 6.61 Å². The molecule has 0 rings (SSSR count). The fourth-order valence-electron chi connectivity index (χ4n) is 7.97. The number of hydrogen-bond donors (Lipinski definition) is 1. The third kappa shape index (κ3) is 38.2. The van der Waals surface area contributed by atoms with Crippen molar-refractivity contribution in [3.63, 3.8) is 0 Å². The van der Waals surface area contributed by atoms with Crippen LogP contribution < -0.4 is 5.32 Å². The van der Waals surface area contributed by atoms with Crippen LogP contribution in [0.3, 0.4) is 0 Å². The molecule has 0 spiro atoms. The van der Waals surface area contributed by atoms with Crippen molar-refractivity contribution in [2.45, 2.75) is 266 Å². The van der Waals surface area contributed by atoms with Crippen molar-refractivity contribution < 1.29 is 14.3 Å². The highest BCUT2D eigenvalue weighted by molar-refractivity contribution is 5.76. The molecule has 2 unspecified atom stereocenters. The lowest BCUT2D eigenvalue weighted by Crippen LogP contribution is -2.40. The van der Waals surface area contributed by atoms with Crippen molar-refractivity contribution >= 4 is 11.9 Å². The van der Waals surface area contributed by atoms with Crippen molar-refractivity contribution in [3.05, 3.63) is 12.2 Å². The van der Waals surface area contributed by atoms with E-state index in [0.29, 0.717) is 31.3 Å². The summed E-state index contributed by atoms with van der Waals surface area (Å²) in [5.41, 5.74) is 0. The first-order chi connectivity index (χ1) is 27.4. The predicted molar refractivity (Wildman–Crippen MR) is 246 cm³/mol. The molecule has 0 saturated carbocycles. The Morgan fingerprint density at radius 2 is 0.946 bits per heavy atom. The molecule has 1 N–H and O–H groups in total. The molecule has 2 atom stereocenters. The average Bonchev–Trinajstić information content (AvgIpc) is 3.18. The topological polar surface area (TPSA) is 58.6 Å². The summed E-state index contributed by atoms with van der Waals surface area (Å²) in [5.74, 6) is 1.07. The molecule has 0 saturated heterocycles. The molecule has 0 aliphatic carbocycles. The maximum Gasteiger partial charge on any atom is 0.305 e. The first-order valence-electron chi connectivity index (χ1n) is 25.2. The largest absolute Gasteiger partial charge is 0.463 e. The second-order valence-electron chi connectivity index (χ2n) is 17.9. The summed E-state index contributed by atoms with van der Waals surface area (Å²) >= 11 is 0. The van der Waals surface area contributed by atoms with Crippen LogP contribution in [0.5, 0.6) is 0 Å². The van der Waals surface area contributed by atoms with Gasteiger partial charge in [-0.3, -0.25) is 9.59 Å². The molecule has 1 amide bonds. The Hall–Kier alpha value is -1.36. The number of nitrogens with one attached hydrogen (secondary N) is 1. The number of unbranched alkanes of at least 4 members (excludes halogenated alkanes) is 24. The molecule has 0 aromatic carbocycles. The number of carbonyl (C=O) groups excluding carboxylic acids is 2. The first kappa shape index (κ1) is 54.6. The monoisotopic (exact) mass is 789 g/mol. The minimum absolute atomic E-state index is 0.107. The minimum Gasteiger partial charge on any atom is -0.463 e. The maximum absolute atomic E-state index is 13.2. The molecule has 0 aromatic heterocycles. The van der Waals surface area contributed by atoms with E-state index in [1.54, 1.807) is 0 Å². The summed E-state index contributed by atoms with van der Waals surface area (Å²) in [7, 11) is 0. The molecule has 332 valence electrons. The van der Waals surface area contributed by atoms with Crippen molar-refractivity contribution in [3.8, 4) is 0 Å². The van der Waals surface area contributed by atoms with Gasteiger partial charge < -0.3 is 15.0 Å². The summed E-state index contributed by atoms with van der Waals surface area (Å²) in [6, 6.07) is -0.107. The lowest BCUT2D eigenvalue weighted by atomic mass is 9.85. The Labute approximate surface area is 351 Å². The van der Waals surface area contributed by atoms with Gasteiger partial charge in [0.2, 0.25) is 5.91 Å². The summed E-state index contributed by atoms with van der Waals surface area (Å²) in [6.07, 6.45) is 46.3. The van der Waals surface area contributed by atoms with Gasteiger partial charge in [-0.25, -0.2) is 0 Å². The molecule has 5 nitrogen and oxygen atoms in total. The fraction of sp³-hybridized carbons (Fsp3) is 0.922. The van der Waals surface area contributed by atoms with Gasteiger partial charge in [0, 0.05) is 12.8 Å². The number of rotatable bonds is 44. The quantitative estimate of drug-likeness (QED) is 0.0379. The molecule has 56 heavy (non-hydrogen) atoms. The van der Waals surface area contributed by atoms with Crippen molar-refractivity contribution in [2.75, 3.05) is 26.2 Å². The molecule has 0 heterocycles. The normalized spacial score (nSPS) is 12.9. The first-order valence-corrected chi connectivity index (χ1v) is 25.2. The predicted octanol–water partition coefficient (Wildman–Crippen LogP) is 15.5. The molecule has 0 aliphatic heterocycles. The third-order valence-electron chi connectivity index (χ3n) is 11.9. The van der Waals surface area contributed by atoms with E-state index in [0.717, 1.165) is 45.3 Å². The number of amides is 1. The molecule has 0 aliphatic rings. The SMILES string of the molecule is CCCCCCCC/C=C\CCCCCCCC(=O)NC(COC(=O)CCCN(CCCC)CCCC)CC(CCCCCCCCCCCCCC)C(C)C. The zero-order valence-electron chi connectivity index (χ0n) is 38.9. The summed E-state index contributed by atoms with van der Waals surface area (Å²) in [6.45, 7) is 17.2. The molecule has 0 bridgehead atoms. The van der Waals surface area contributed by atoms with Crippen LogP contribution in [0, 0.1) is 11.8 Å². The van der Waals surface area contributed by atoms with E-state index in [4.69, 9.17) is 4.74 Å². The van der Waals surface area contributed by atoms with Crippen LogP contribution in [-0.4, -0.2) is 49.1 Å². The Morgan fingerprint density at radius 1 is 0.518 bits per heavy atom. The van der Waals surface area contributed by atoms with E-state index in [-0.39, 0.29) is 17.9 Å². The van der Waals surface area contributed by atoms with Gasteiger partial charge in [-0.2, -0.15) is 0 Å². The Bertz CT molecular complexity index is 850. The lowest BCUT2D eigenvalue weighted by Gasteiger charge is -2.27. The molecule has 0 radical (unpaired) electrons. The van der Waals surface area contributed by atoms with Crippen molar-refractivity contribution in [2.24, 2.45) is 11.8 Å². The van der Waals surface area contributed by atoms with E-state index in [1.165, 1.54) is 180 Å². The van der Waals surface area contributed by atoms with Crippen LogP contribution in [0.4, 0.5) is 0 Å². The van der Waals surface area contributed by atoms with Crippen molar-refractivity contribution in [1.29, 1.82) is 0 Å². The highest BCUT2D eigenvalue weighted by Crippen LogP contribution is 2.25. The van der Waals surface area contributed by atoms with E-state index < -0.39 is 0 Å². The van der Waals surface area contributed by atoms with Gasteiger partial charge in [-0.1, -0.05) is 201 Å².